The van der Waals surface area contributed by atoms with Gasteiger partial charge < -0.3 is 14.9 Å². The van der Waals surface area contributed by atoms with Crippen LogP contribution in [0.5, 0.6) is 0 Å². The van der Waals surface area contributed by atoms with Gasteiger partial charge in [0.15, 0.2) is 0 Å². The fourth-order valence-corrected chi connectivity index (χ4v) is 2.93. The molecule has 2 unspecified atom stereocenters. The van der Waals surface area contributed by atoms with E-state index in [-0.39, 0.29) is 5.82 Å². The monoisotopic (exact) mass is 280 g/mol. The molecule has 0 amide bonds. The van der Waals surface area contributed by atoms with Crippen LogP contribution in [0.2, 0.25) is 0 Å². The van der Waals surface area contributed by atoms with Gasteiger partial charge in [0.1, 0.15) is 5.82 Å². The lowest BCUT2D eigenvalue weighted by molar-refractivity contribution is 0.144. The second-order valence-corrected chi connectivity index (χ2v) is 6.04. The van der Waals surface area contributed by atoms with Gasteiger partial charge in [-0.25, -0.2) is 4.39 Å². The minimum absolute atomic E-state index is 0.288. The molecule has 1 aliphatic rings. The van der Waals surface area contributed by atoms with Crippen LogP contribution >= 0.6 is 0 Å². The maximum Gasteiger partial charge on any atom is 0.123 e. The lowest BCUT2D eigenvalue weighted by Gasteiger charge is -2.22. The second-order valence-electron chi connectivity index (χ2n) is 6.04. The molecule has 1 aromatic rings. The van der Waals surface area contributed by atoms with Crippen molar-refractivity contribution in [3.8, 4) is 0 Å². The summed E-state index contributed by atoms with van der Waals surface area (Å²) in [6.07, 6.45) is 1.31. The molecule has 4 heteroatoms. The number of aliphatic hydroxyl groups excluding tert-OH is 1. The summed E-state index contributed by atoms with van der Waals surface area (Å²) in [6.45, 7) is 4.25. The van der Waals surface area contributed by atoms with Gasteiger partial charge in [-0.05, 0) is 57.1 Å². The Morgan fingerprint density at radius 3 is 2.95 bits per heavy atom. The third-order valence-electron chi connectivity index (χ3n) is 4.08. The highest BCUT2D eigenvalue weighted by Gasteiger charge is 2.20. The van der Waals surface area contributed by atoms with Crippen molar-refractivity contribution in [3.05, 3.63) is 35.6 Å². The van der Waals surface area contributed by atoms with Gasteiger partial charge in [0.25, 0.3) is 0 Å². The summed E-state index contributed by atoms with van der Waals surface area (Å²) in [6, 6.07) is 6.24. The van der Waals surface area contributed by atoms with Crippen molar-refractivity contribution in [3.63, 3.8) is 0 Å². The zero-order valence-corrected chi connectivity index (χ0v) is 12.4. The molecule has 1 saturated heterocycles. The summed E-state index contributed by atoms with van der Waals surface area (Å²) in [4.78, 5) is 4.63. The Labute approximate surface area is 121 Å². The number of halogens is 1. The first-order chi connectivity index (χ1) is 9.54. The molecule has 1 fully saturated rings. The molecule has 0 saturated carbocycles. The van der Waals surface area contributed by atoms with E-state index in [9.17, 15) is 9.50 Å². The van der Waals surface area contributed by atoms with Gasteiger partial charge >= 0.3 is 0 Å². The first kappa shape index (κ1) is 15.4. The average molecular weight is 280 g/mol. The lowest BCUT2D eigenvalue weighted by Crippen LogP contribution is -2.29. The van der Waals surface area contributed by atoms with E-state index in [0.29, 0.717) is 12.0 Å². The maximum atomic E-state index is 13.1. The lowest BCUT2D eigenvalue weighted by atomic mass is 10.1. The van der Waals surface area contributed by atoms with Crippen LogP contribution in [-0.4, -0.2) is 55.2 Å². The summed E-state index contributed by atoms with van der Waals surface area (Å²) in [5, 5.41) is 10.1. The molecule has 112 valence electrons. The van der Waals surface area contributed by atoms with Crippen LogP contribution in [0.15, 0.2) is 24.3 Å². The van der Waals surface area contributed by atoms with E-state index >= 15 is 0 Å². The largest absolute Gasteiger partial charge is 0.388 e. The van der Waals surface area contributed by atoms with Crippen LogP contribution in [0.4, 0.5) is 4.39 Å². The first-order valence-corrected chi connectivity index (χ1v) is 7.35. The maximum absolute atomic E-state index is 13.1. The quantitative estimate of drug-likeness (QED) is 0.865. The second kappa shape index (κ2) is 7.16. The highest BCUT2D eigenvalue weighted by atomic mass is 19.1. The topological polar surface area (TPSA) is 26.7 Å². The van der Waals surface area contributed by atoms with Gasteiger partial charge in [-0.2, -0.15) is 0 Å². The molecule has 0 radical (unpaired) electrons. The number of benzene rings is 1. The average Bonchev–Trinajstić information content (AvgIpc) is 2.81. The first-order valence-electron chi connectivity index (χ1n) is 7.35. The number of rotatable bonds is 6. The number of nitrogens with zero attached hydrogens (tertiary/aromatic N) is 2. The summed E-state index contributed by atoms with van der Waals surface area (Å²) >= 11 is 0. The zero-order chi connectivity index (χ0) is 14.5. The SMILES string of the molecule is CN1CCC(CN(C)CCC(O)c2cccc(F)c2)C1. The van der Waals surface area contributed by atoms with Crippen molar-refractivity contribution in [1.29, 1.82) is 0 Å². The molecule has 0 aromatic heterocycles. The third kappa shape index (κ3) is 4.54. The summed E-state index contributed by atoms with van der Waals surface area (Å²) in [5.41, 5.74) is 0.666. The van der Waals surface area contributed by atoms with Gasteiger partial charge in [-0.1, -0.05) is 12.1 Å². The summed E-state index contributed by atoms with van der Waals surface area (Å²) in [7, 11) is 4.25. The number of likely N-dealkylation sites (tertiary alicyclic amines) is 1. The van der Waals surface area contributed by atoms with Crippen molar-refractivity contribution in [2.24, 2.45) is 5.92 Å². The Hall–Kier alpha value is -0.970. The van der Waals surface area contributed by atoms with Gasteiger partial charge in [-0.3, -0.25) is 0 Å². The zero-order valence-electron chi connectivity index (χ0n) is 12.4. The molecule has 0 aliphatic carbocycles. The molecule has 1 aliphatic heterocycles. The van der Waals surface area contributed by atoms with E-state index in [4.69, 9.17) is 0 Å². The smallest absolute Gasteiger partial charge is 0.123 e. The fraction of sp³-hybridized carbons (Fsp3) is 0.625. The van der Waals surface area contributed by atoms with Crippen molar-refractivity contribution in [2.45, 2.75) is 18.9 Å². The fourth-order valence-electron chi connectivity index (χ4n) is 2.93. The minimum atomic E-state index is -0.584. The van der Waals surface area contributed by atoms with E-state index in [0.717, 1.165) is 25.6 Å². The van der Waals surface area contributed by atoms with E-state index in [2.05, 4.69) is 23.9 Å². The van der Waals surface area contributed by atoms with Crippen LogP contribution in [-0.2, 0) is 0 Å². The number of hydrogen-bond acceptors (Lipinski definition) is 3. The van der Waals surface area contributed by atoms with Crippen LogP contribution < -0.4 is 0 Å². The molecular formula is C16H25FN2O. The van der Waals surface area contributed by atoms with E-state index < -0.39 is 6.10 Å². The Balaban J connectivity index is 1.74. The number of aliphatic hydroxyl groups is 1. The molecule has 3 nitrogen and oxygen atoms in total. The van der Waals surface area contributed by atoms with Gasteiger partial charge in [-0.15, -0.1) is 0 Å². The van der Waals surface area contributed by atoms with Crippen molar-refractivity contribution >= 4 is 0 Å². The molecule has 2 atom stereocenters. The van der Waals surface area contributed by atoms with Crippen LogP contribution in [0, 0.1) is 11.7 Å². The predicted octanol–water partition coefficient (Wildman–Crippen LogP) is 2.13. The van der Waals surface area contributed by atoms with Crippen LogP contribution in [0.1, 0.15) is 24.5 Å². The highest BCUT2D eigenvalue weighted by Crippen LogP contribution is 2.19. The standard InChI is InChI=1S/C16H25FN2O/c1-18-8-6-13(11-18)12-19(2)9-7-16(20)14-4-3-5-15(17)10-14/h3-5,10,13,16,20H,6-9,11-12H2,1-2H3. The molecule has 20 heavy (non-hydrogen) atoms. The van der Waals surface area contributed by atoms with Crippen molar-refractivity contribution < 1.29 is 9.50 Å². The molecule has 0 bridgehead atoms. The van der Waals surface area contributed by atoms with Crippen LogP contribution in [0.25, 0.3) is 0 Å². The van der Waals surface area contributed by atoms with Crippen LogP contribution in [0.3, 0.4) is 0 Å². The van der Waals surface area contributed by atoms with E-state index in [1.165, 1.54) is 25.1 Å². The Morgan fingerprint density at radius 1 is 1.50 bits per heavy atom. The van der Waals surface area contributed by atoms with Crippen molar-refractivity contribution in [1.82, 2.24) is 9.80 Å². The molecule has 2 rings (SSSR count). The summed E-state index contributed by atoms with van der Waals surface area (Å²) < 4.78 is 13.1. The van der Waals surface area contributed by atoms with Gasteiger partial charge in [0.2, 0.25) is 0 Å². The molecule has 0 spiro atoms. The highest BCUT2D eigenvalue weighted by molar-refractivity contribution is 5.18. The number of hydrogen-bond donors (Lipinski definition) is 1. The minimum Gasteiger partial charge on any atom is -0.388 e. The van der Waals surface area contributed by atoms with Crippen molar-refractivity contribution in [2.75, 3.05) is 40.3 Å². The van der Waals surface area contributed by atoms with Gasteiger partial charge in [0.05, 0.1) is 6.10 Å². The summed E-state index contributed by atoms with van der Waals surface area (Å²) in [5.74, 6) is 0.445. The normalized spacial score (nSPS) is 21.6. The predicted molar refractivity (Wildman–Crippen MR) is 79.1 cm³/mol. The Morgan fingerprint density at radius 2 is 2.30 bits per heavy atom. The Bertz CT molecular complexity index is 427. The Kier molecular flexibility index (Phi) is 5.52. The van der Waals surface area contributed by atoms with E-state index in [1.54, 1.807) is 12.1 Å². The third-order valence-corrected chi connectivity index (χ3v) is 4.08. The molecular weight excluding hydrogens is 255 g/mol. The molecule has 1 N–H and O–H groups in total. The molecule has 1 heterocycles. The van der Waals surface area contributed by atoms with Gasteiger partial charge in [0, 0.05) is 19.6 Å². The van der Waals surface area contributed by atoms with E-state index in [1.807, 2.05) is 0 Å². The molecule has 1 aromatic carbocycles.